The largest absolute Gasteiger partial charge is 0.340 e. The minimum Gasteiger partial charge on any atom is -0.340 e. The lowest BCUT2D eigenvalue weighted by atomic mass is 10.1. The van der Waals surface area contributed by atoms with Gasteiger partial charge in [-0.3, -0.25) is 10.2 Å². The van der Waals surface area contributed by atoms with Gasteiger partial charge in [0.1, 0.15) is 0 Å². The molecule has 1 amide bonds. The summed E-state index contributed by atoms with van der Waals surface area (Å²) < 4.78 is 2.02. The number of hydrogen-bond donors (Lipinski definition) is 2. The van der Waals surface area contributed by atoms with Gasteiger partial charge in [-0.1, -0.05) is 47.5 Å². The second kappa shape index (κ2) is 6.24. The van der Waals surface area contributed by atoms with Gasteiger partial charge in [-0.25, -0.2) is 5.84 Å². The fourth-order valence-corrected chi connectivity index (χ4v) is 3.35. The molecule has 0 aliphatic heterocycles. The molecule has 0 aliphatic carbocycles. The highest BCUT2D eigenvalue weighted by molar-refractivity contribution is 6.36. The second-order valence-corrected chi connectivity index (χ2v) is 6.05. The van der Waals surface area contributed by atoms with Crippen LogP contribution >= 0.6 is 23.2 Å². The number of carbonyl (C=O) groups is 1. The number of nitrogen functional groups attached to an aromatic ring is 1. The maximum absolute atomic E-state index is 12.1. The van der Waals surface area contributed by atoms with Crippen molar-refractivity contribution in [2.75, 3.05) is 0 Å². The van der Waals surface area contributed by atoms with Crippen molar-refractivity contribution in [3.8, 4) is 0 Å². The summed E-state index contributed by atoms with van der Waals surface area (Å²) in [5, 5.41) is 2.04. The third kappa shape index (κ3) is 2.70. The predicted octanol–water partition coefficient (Wildman–Crippen LogP) is 3.91. The molecule has 3 N–H and O–H groups in total. The second-order valence-electron chi connectivity index (χ2n) is 5.24. The van der Waals surface area contributed by atoms with Gasteiger partial charge in [-0.2, -0.15) is 0 Å². The Labute approximate surface area is 143 Å². The van der Waals surface area contributed by atoms with Gasteiger partial charge >= 0.3 is 0 Å². The Hall–Kier alpha value is -2.01. The molecular formula is C17H15Cl2N3O. The number of aromatic nitrogens is 1. The van der Waals surface area contributed by atoms with Gasteiger partial charge in [0.2, 0.25) is 0 Å². The quantitative estimate of drug-likeness (QED) is 0.428. The highest BCUT2D eigenvalue weighted by Crippen LogP contribution is 2.30. The number of nitrogens with two attached hydrogens (primary N) is 1. The van der Waals surface area contributed by atoms with Crippen LogP contribution < -0.4 is 11.3 Å². The lowest BCUT2D eigenvalue weighted by Crippen LogP contribution is -2.30. The fraction of sp³-hybridized carbons (Fsp3) is 0.118. The van der Waals surface area contributed by atoms with Gasteiger partial charge in [0, 0.05) is 32.2 Å². The Bertz CT molecular complexity index is 882. The van der Waals surface area contributed by atoms with Crippen molar-refractivity contribution in [1.82, 2.24) is 9.99 Å². The highest BCUT2D eigenvalue weighted by Gasteiger charge is 2.20. The van der Waals surface area contributed by atoms with Crippen molar-refractivity contribution >= 4 is 40.0 Å². The Morgan fingerprint density at radius 3 is 2.43 bits per heavy atom. The minimum atomic E-state index is -0.317. The van der Waals surface area contributed by atoms with Crippen LogP contribution in [0.1, 0.15) is 21.6 Å². The van der Waals surface area contributed by atoms with Gasteiger partial charge in [0.15, 0.2) is 0 Å². The van der Waals surface area contributed by atoms with Crippen LogP contribution in [0.25, 0.3) is 10.9 Å². The topological polar surface area (TPSA) is 60.1 Å². The molecule has 3 aromatic rings. The van der Waals surface area contributed by atoms with Gasteiger partial charge in [0.25, 0.3) is 5.91 Å². The summed E-state index contributed by atoms with van der Waals surface area (Å²) in [6, 6.07) is 13.1. The zero-order valence-corrected chi connectivity index (χ0v) is 13.9. The molecule has 1 aromatic heterocycles. The molecule has 0 spiro atoms. The third-order valence-corrected chi connectivity index (χ3v) is 4.68. The van der Waals surface area contributed by atoms with Gasteiger partial charge in [-0.05, 0) is 25.1 Å². The van der Waals surface area contributed by atoms with Crippen molar-refractivity contribution in [1.29, 1.82) is 0 Å². The molecule has 2 aromatic carbocycles. The Kier molecular flexibility index (Phi) is 4.31. The molecule has 0 unspecified atom stereocenters. The smallest absolute Gasteiger partial charge is 0.267 e. The zero-order valence-electron chi connectivity index (χ0n) is 12.4. The molecule has 23 heavy (non-hydrogen) atoms. The molecule has 0 atom stereocenters. The van der Waals surface area contributed by atoms with Gasteiger partial charge in [-0.15, -0.1) is 0 Å². The summed E-state index contributed by atoms with van der Waals surface area (Å²) in [6.45, 7) is 2.36. The number of nitrogens with one attached hydrogen (secondary N) is 1. The summed E-state index contributed by atoms with van der Waals surface area (Å²) >= 11 is 12.6. The zero-order chi connectivity index (χ0) is 16.6. The minimum absolute atomic E-state index is 0.317. The number of fused-ring (bicyclic) bond motifs is 1. The number of benzene rings is 2. The number of hydrazine groups is 1. The van der Waals surface area contributed by atoms with Crippen molar-refractivity contribution in [2.24, 2.45) is 5.84 Å². The summed E-state index contributed by atoms with van der Waals surface area (Å²) in [7, 11) is 0. The molecule has 6 heteroatoms. The van der Waals surface area contributed by atoms with E-state index >= 15 is 0 Å². The van der Waals surface area contributed by atoms with Crippen molar-refractivity contribution in [3.05, 3.63) is 69.3 Å². The average molecular weight is 348 g/mol. The molecule has 4 nitrogen and oxygen atoms in total. The lowest BCUT2D eigenvalue weighted by molar-refractivity contribution is 0.0954. The third-order valence-electron chi connectivity index (χ3n) is 3.97. The maximum atomic E-state index is 12.1. The number of hydrogen-bond acceptors (Lipinski definition) is 2. The monoisotopic (exact) mass is 347 g/mol. The number of halogens is 2. The Morgan fingerprint density at radius 1 is 1.13 bits per heavy atom. The van der Waals surface area contributed by atoms with Crippen LogP contribution in [0, 0.1) is 6.92 Å². The SMILES string of the molecule is Cc1c(C(=O)NN)c2ccccc2n1Cc1c(Cl)cccc1Cl. The first kappa shape index (κ1) is 15.9. The van der Waals surface area contributed by atoms with E-state index in [0.717, 1.165) is 22.2 Å². The summed E-state index contributed by atoms with van der Waals surface area (Å²) in [6.07, 6.45) is 0. The molecule has 0 radical (unpaired) electrons. The van der Waals surface area contributed by atoms with Crippen LogP contribution in [-0.2, 0) is 6.54 Å². The highest BCUT2D eigenvalue weighted by atomic mass is 35.5. The van der Waals surface area contributed by atoms with Crippen LogP contribution in [-0.4, -0.2) is 10.5 Å². The molecule has 0 bridgehead atoms. The van der Waals surface area contributed by atoms with E-state index in [-0.39, 0.29) is 5.91 Å². The van der Waals surface area contributed by atoms with E-state index < -0.39 is 0 Å². The van der Waals surface area contributed by atoms with Crippen LogP contribution in [0.15, 0.2) is 42.5 Å². The Morgan fingerprint density at radius 2 is 1.78 bits per heavy atom. The molecule has 0 saturated carbocycles. The van der Waals surface area contributed by atoms with E-state index in [1.54, 1.807) is 12.1 Å². The standard InChI is InChI=1S/C17H15Cl2N3O/c1-10-16(17(23)21-20)11-5-2-3-8-15(11)22(10)9-12-13(18)6-4-7-14(12)19/h2-8H,9,20H2,1H3,(H,21,23). The van der Waals surface area contributed by atoms with Gasteiger partial charge in [0.05, 0.1) is 12.1 Å². The number of nitrogens with zero attached hydrogens (tertiary/aromatic N) is 1. The van der Waals surface area contributed by atoms with Crippen molar-refractivity contribution in [3.63, 3.8) is 0 Å². The van der Waals surface area contributed by atoms with Crippen LogP contribution in [0.3, 0.4) is 0 Å². The number of para-hydroxylation sites is 1. The molecule has 118 valence electrons. The normalized spacial score (nSPS) is 11.0. The van der Waals surface area contributed by atoms with Crippen molar-refractivity contribution < 1.29 is 4.79 Å². The van der Waals surface area contributed by atoms with E-state index in [9.17, 15) is 4.79 Å². The fourth-order valence-electron chi connectivity index (χ4n) is 2.83. The van der Waals surface area contributed by atoms with E-state index in [4.69, 9.17) is 29.0 Å². The Balaban J connectivity index is 2.22. The van der Waals surface area contributed by atoms with Crippen LogP contribution in [0.2, 0.25) is 10.0 Å². The first-order valence-electron chi connectivity index (χ1n) is 7.06. The number of rotatable bonds is 3. The van der Waals surface area contributed by atoms with E-state index in [1.165, 1.54) is 0 Å². The maximum Gasteiger partial charge on any atom is 0.267 e. The van der Waals surface area contributed by atoms with Crippen molar-refractivity contribution in [2.45, 2.75) is 13.5 Å². The molecule has 1 heterocycles. The predicted molar refractivity (Wildman–Crippen MR) is 93.9 cm³/mol. The summed E-state index contributed by atoms with van der Waals surface area (Å²) in [4.78, 5) is 12.1. The van der Waals surface area contributed by atoms with E-state index in [0.29, 0.717) is 22.2 Å². The molecule has 0 saturated heterocycles. The number of amides is 1. The van der Waals surface area contributed by atoms with Crippen LogP contribution in [0.4, 0.5) is 0 Å². The van der Waals surface area contributed by atoms with E-state index in [1.807, 2.05) is 41.8 Å². The molecule has 0 fully saturated rings. The summed E-state index contributed by atoms with van der Waals surface area (Å²) in [5.74, 6) is 5.01. The molecule has 0 aliphatic rings. The first-order chi connectivity index (χ1) is 11.0. The first-order valence-corrected chi connectivity index (χ1v) is 7.82. The lowest BCUT2D eigenvalue weighted by Gasteiger charge is -2.12. The van der Waals surface area contributed by atoms with E-state index in [2.05, 4.69) is 5.43 Å². The average Bonchev–Trinajstić information content (AvgIpc) is 2.82. The molecular weight excluding hydrogens is 333 g/mol. The summed E-state index contributed by atoms with van der Waals surface area (Å²) in [5.41, 5.74) is 5.33. The van der Waals surface area contributed by atoms with Gasteiger partial charge < -0.3 is 4.57 Å². The number of carbonyl (C=O) groups excluding carboxylic acids is 1. The molecule has 3 rings (SSSR count). The van der Waals surface area contributed by atoms with Crippen LogP contribution in [0.5, 0.6) is 0 Å².